The molecule has 0 bridgehead atoms. The maximum Gasteiger partial charge on any atom is 0.360 e. The molecule has 0 N–H and O–H groups in total. The van der Waals surface area contributed by atoms with Crippen molar-refractivity contribution in [1.29, 1.82) is 0 Å². The number of fused-ring (bicyclic) bond motifs is 3. The van der Waals surface area contributed by atoms with Crippen LogP contribution in [-0.2, 0) is 13.1 Å². The fourth-order valence-electron chi connectivity index (χ4n) is 3.22. The summed E-state index contributed by atoms with van der Waals surface area (Å²) in [4.78, 5) is 2.55. The van der Waals surface area contributed by atoms with Gasteiger partial charge in [-0.25, -0.2) is 9.13 Å². The molecular formula is C13H16N3+. The Kier molecular flexibility index (Phi) is 1.62. The monoisotopic (exact) mass is 214 g/mol. The van der Waals surface area contributed by atoms with Gasteiger partial charge in [-0.15, -0.1) is 0 Å². The molecular weight excluding hydrogens is 198 g/mol. The van der Waals surface area contributed by atoms with Gasteiger partial charge in [-0.05, 0) is 12.1 Å². The summed E-state index contributed by atoms with van der Waals surface area (Å²) in [6, 6.07) is 8.81. The Morgan fingerprint density at radius 3 is 2.88 bits per heavy atom. The zero-order valence-electron chi connectivity index (χ0n) is 9.39. The third-order valence-electron chi connectivity index (χ3n) is 3.85. The Balaban J connectivity index is 2.13. The van der Waals surface area contributed by atoms with Crippen molar-refractivity contribution in [2.75, 3.05) is 18.0 Å². The predicted octanol–water partition coefficient (Wildman–Crippen LogP) is 1.54. The van der Waals surface area contributed by atoms with Gasteiger partial charge < -0.3 is 0 Å². The number of benzene rings is 1. The van der Waals surface area contributed by atoms with E-state index in [0.717, 1.165) is 0 Å². The lowest BCUT2D eigenvalue weighted by Crippen LogP contribution is -2.50. The highest BCUT2D eigenvalue weighted by Gasteiger charge is 2.34. The smallest absolute Gasteiger partial charge is 0.264 e. The van der Waals surface area contributed by atoms with E-state index in [1.165, 1.54) is 56.0 Å². The second-order valence-electron chi connectivity index (χ2n) is 4.79. The summed E-state index contributed by atoms with van der Waals surface area (Å²) in [6.07, 6.45) is 2.57. The lowest BCUT2D eigenvalue weighted by atomic mass is 10.2. The maximum absolute atomic E-state index is 2.55. The molecule has 0 amide bonds. The van der Waals surface area contributed by atoms with Crippen LogP contribution in [0.5, 0.6) is 0 Å². The summed E-state index contributed by atoms with van der Waals surface area (Å²) in [5, 5.41) is 0. The minimum absolute atomic E-state index is 1.18. The molecule has 0 spiro atoms. The zero-order chi connectivity index (χ0) is 10.5. The summed E-state index contributed by atoms with van der Waals surface area (Å²) in [5.74, 6) is 1.44. The molecule has 0 radical (unpaired) electrons. The number of rotatable bonds is 0. The number of para-hydroxylation sites is 2. The highest BCUT2D eigenvalue weighted by Crippen LogP contribution is 2.27. The molecule has 3 nitrogen and oxygen atoms in total. The number of imidazole rings is 1. The lowest BCUT2D eigenvalue weighted by Gasteiger charge is -2.27. The minimum atomic E-state index is 1.18. The van der Waals surface area contributed by atoms with Crippen molar-refractivity contribution in [2.45, 2.75) is 25.9 Å². The molecule has 0 fully saturated rings. The normalized spacial score (nSPS) is 18.9. The largest absolute Gasteiger partial charge is 0.360 e. The van der Waals surface area contributed by atoms with Crippen LogP contribution in [0.15, 0.2) is 24.3 Å². The van der Waals surface area contributed by atoms with E-state index in [1.807, 2.05) is 0 Å². The zero-order valence-corrected chi connectivity index (χ0v) is 9.39. The molecule has 3 heterocycles. The predicted molar refractivity (Wildman–Crippen MR) is 63.6 cm³/mol. The molecule has 82 valence electrons. The second kappa shape index (κ2) is 3.00. The van der Waals surface area contributed by atoms with Gasteiger partial charge in [-0.3, -0.25) is 4.90 Å². The van der Waals surface area contributed by atoms with Crippen molar-refractivity contribution in [3.05, 3.63) is 24.3 Å². The number of aryl methyl sites for hydroxylation is 2. The molecule has 0 unspecified atom stereocenters. The molecule has 16 heavy (non-hydrogen) atoms. The van der Waals surface area contributed by atoms with Gasteiger partial charge in [0.05, 0.1) is 26.2 Å². The van der Waals surface area contributed by atoms with Crippen molar-refractivity contribution >= 4 is 17.0 Å². The van der Waals surface area contributed by atoms with Crippen LogP contribution in [0, 0.1) is 0 Å². The van der Waals surface area contributed by atoms with Crippen LogP contribution in [0.2, 0.25) is 0 Å². The third kappa shape index (κ3) is 0.958. The van der Waals surface area contributed by atoms with Crippen LogP contribution in [-0.4, -0.2) is 17.7 Å². The van der Waals surface area contributed by atoms with Gasteiger partial charge in [0.15, 0.2) is 0 Å². The highest BCUT2D eigenvalue weighted by atomic mass is 15.4. The molecule has 3 heteroatoms. The van der Waals surface area contributed by atoms with Gasteiger partial charge in [0.1, 0.15) is 11.0 Å². The number of anilines is 1. The lowest BCUT2D eigenvalue weighted by molar-refractivity contribution is -0.664. The quantitative estimate of drug-likeness (QED) is 0.606. The SMILES string of the molecule is c1ccc2c(c1)n1c3[n+]2CCCN3CCC1. The van der Waals surface area contributed by atoms with Crippen LogP contribution in [0.4, 0.5) is 5.95 Å². The number of hydrogen-bond donors (Lipinski definition) is 0. The Bertz CT molecular complexity index is 509. The van der Waals surface area contributed by atoms with E-state index in [0.29, 0.717) is 0 Å². The van der Waals surface area contributed by atoms with Gasteiger partial charge in [0.25, 0.3) is 0 Å². The molecule has 4 rings (SSSR count). The first-order chi connectivity index (χ1) is 7.95. The average Bonchev–Trinajstić information content (AvgIpc) is 2.68. The van der Waals surface area contributed by atoms with Crippen molar-refractivity contribution in [1.82, 2.24) is 4.57 Å². The fraction of sp³-hybridized carbons (Fsp3) is 0.462. The Labute approximate surface area is 94.9 Å². The Morgan fingerprint density at radius 2 is 1.88 bits per heavy atom. The molecule has 2 aromatic rings. The van der Waals surface area contributed by atoms with Crippen molar-refractivity contribution < 1.29 is 4.57 Å². The Morgan fingerprint density at radius 1 is 1.00 bits per heavy atom. The molecule has 1 aromatic heterocycles. The van der Waals surface area contributed by atoms with Crippen molar-refractivity contribution in [2.24, 2.45) is 0 Å². The van der Waals surface area contributed by atoms with E-state index in [1.54, 1.807) is 0 Å². The van der Waals surface area contributed by atoms with Gasteiger partial charge in [0, 0.05) is 12.8 Å². The fourth-order valence-corrected chi connectivity index (χ4v) is 3.22. The second-order valence-corrected chi connectivity index (χ2v) is 4.79. The standard InChI is InChI=1S/C13H16N3/c1-2-6-12-11(5-1)15-9-3-7-14-8-4-10-16(12)13(14)15/h1-2,5-6H,3-4,7-10H2/q+1. The molecule has 0 saturated heterocycles. The summed E-state index contributed by atoms with van der Waals surface area (Å²) in [5.41, 5.74) is 2.81. The van der Waals surface area contributed by atoms with Crippen molar-refractivity contribution in [3.8, 4) is 0 Å². The van der Waals surface area contributed by atoms with Gasteiger partial charge >= 0.3 is 5.95 Å². The van der Waals surface area contributed by atoms with Crippen molar-refractivity contribution in [3.63, 3.8) is 0 Å². The minimum Gasteiger partial charge on any atom is -0.264 e. The number of nitrogens with zero attached hydrogens (tertiary/aromatic N) is 3. The van der Waals surface area contributed by atoms with E-state index in [4.69, 9.17) is 0 Å². The third-order valence-corrected chi connectivity index (χ3v) is 3.85. The van der Waals surface area contributed by atoms with E-state index in [2.05, 4.69) is 38.3 Å². The molecule has 0 aliphatic carbocycles. The van der Waals surface area contributed by atoms with E-state index < -0.39 is 0 Å². The molecule has 2 aliphatic heterocycles. The molecule has 0 atom stereocenters. The van der Waals surface area contributed by atoms with Crippen LogP contribution in [0.3, 0.4) is 0 Å². The van der Waals surface area contributed by atoms with Crippen LogP contribution < -0.4 is 9.47 Å². The van der Waals surface area contributed by atoms with Crippen LogP contribution in [0.25, 0.3) is 11.0 Å². The highest BCUT2D eigenvalue weighted by molar-refractivity contribution is 5.74. The topological polar surface area (TPSA) is 12.0 Å². The molecule has 0 saturated carbocycles. The van der Waals surface area contributed by atoms with Crippen LogP contribution in [0.1, 0.15) is 12.8 Å². The van der Waals surface area contributed by atoms with E-state index >= 15 is 0 Å². The molecule has 2 aliphatic rings. The first-order valence-electron chi connectivity index (χ1n) is 6.21. The summed E-state index contributed by atoms with van der Waals surface area (Å²) < 4.78 is 5.00. The van der Waals surface area contributed by atoms with E-state index in [-0.39, 0.29) is 0 Å². The van der Waals surface area contributed by atoms with Gasteiger partial charge in [-0.1, -0.05) is 12.1 Å². The van der Waals surface area contributed by atoms with E-state index in [9.17, 15) is 0 Å². The number of hydrogen-bond acceptors (Lipinski definition) is 1. The van der Waals surface area contributed by atoms with Gasteiger partial charge in [0.2, 0.25) is 0 Å². The summed E-state index contributed by atoms with van der Waals surface area (Å²) >= 11 is 0. The molecule has 1 aromatic carbocycles. The van der Waals surface area contributed by atoms with Gasteiger partial charge in [-0.2, -0.15) is 0 Å². The summed E-state index contributed by atoms with van der Waals surface area (Å²) in [6.45, 7) is 4.82. The first-order valence-corrected chi connectivity index (χ1v) is 6.21. The average molecular weight is 214 g/mol. The summed E-state index contributed by atoms with van der Waals surface area (Å²) in [7, 11) is 0. The number of aromatic nitrogens is 2. The first kappa shape index (κ1) is 8.62. The maximum atomic E-state index is 2.55. The Hall–Kier alpha value is -1.51. The van der Waals surface area contributed by atoms with Crippen LogP contribution >= 0.6 is 0 Å².